The van der Waals surface area contributed by atoms with Gasteiger partial charge in [0.2, 0.25) is 0 Å². The zero-order chi connectivity index (χ0) is 14.9. The summed E-state index contributed by atoms with van der Waals surface area (Å²) in [6.07, 6.45) is 0.0442. The third kappa shape index (κ3) is 2.85. The first kappa shape index (κ1) is 13.9. The van der Waals surface area contributed by atoms with Gasteiger partial charge >= 0.3 is 12.1 Å². The molecule has 1 saturated heterocycles. The first-order valence-corrected chi connectivity index (χ1v) is 6.93. The molecule has 6 heteroatoms. The van der Waals surface area contributed by atoms with Gasteiger partial charge in [-0.1, -0.05) is 30.3 Å². The summed E-state index contributed by atoms with van der Waals surface area (Å²) in [4.78, 5) is 24.6. The fraction of sp³-hybridized carbons (Fsp3) is 0.467. The van der Waals surface area contributed by atoms with Crippen LogP contribution in [0.25, 0.3) is 0 Å². The van der Waals surface area contributed by atoms with E-state index in [1.54, 1.807) is 0 Å². The van der Waals surface area contributed by atoms with Crippen molar-refractivity contribution in [1.82, 2.24) is 4.90 Å². The minimum absolute atomic E-state index is 0.215. The molecule has 0 radical (unpaired) electrons. The minimum Gasteiger partial charge on any atom is -0.481 e. The number of carbonyl (C=O) groups excluding carboxylic acids is 1. The van der Waals surface area contributed by atoms with E-state index in [2.05, 4.69) is 0 Å². The van der Waals surface area contributed by atoms with Gasteiger partial charge in [0.1, 0.15) is 12.2 Å². The Morgan fingerprint density at radius 1 is 1.38 bits per heavy atom. The number of carbonyl (C=O) groups is 2. The molecule has 2 unspecified atom stereocenters. The molecule has 6 nitrogen and oxygen atoms in total. The first-order chi connectivity index (χ1) is 10.1. The van der Waals surface area contributed by atoms with Gasteiger partial charge in [0.25, 0.3) is 0 Å². The number of benzene rings is 1. The van der Waals surface area contributed by atoms with Crippen molar-refractivity contribution in [2.24, 2.45) is 5.92 Å². The average Bonchev–Trinajstić information content (AvgIpc) is 3.19. The summed E-state index contributed by atoms with van der Waals surface area (Å²) in [5.74, 6) is -1.38. The topological polar surface area (TPSA) is 76.1 Å². The number of rotatable bonds is 3. The van der Waals surface area contributed by atoms with E-state index in [0.717, 1.165) is 5.56 Å². The highest BCUT2D eigenvalue weighted by Crippen LogP contribution is 2.49. The maximum absolute atomic E-state index is 12.1. The second-order valence-corrected chi connectivity index (χ2v) is 5.47. The van der Waals surface area contributed by atoms with Crippen molar-refractivity contribution >= 4 is 12.1 Å². The third-order valence-corrected chi connectivity index (χ3v) is 4.00. The van der Waals surface area contributed by atoms with E-state index in [1.807, 2.05) is 30.3 Å². The molecule has 0 aromatic heterocycles. The average molecular weight is 291 g/mol. The second kappa shape index (κ2) is 5.37. The van der Waals surface area contributed by atoms with Crippen molar-refractivity contribution in [2.75, 3.05) is 19.7 Å². The molecule has 3 rings (SSSR count). The van der Waals surface area contributed by atoms with E-state index in [0.29, 0.717) is 19.6 Å². The number of ether oxygens (including phenoxy) is 2. The quantitative estimate of drug-likeness (QED) is 0.913. The van der Waals surface area contributed by atoms with Crippen molar-refractivity contribution in [3.8, 4) is 0 Å². The van der Waals surface area contributed by atoms with Gasteiger partial charge in [0.05, 0.1) is 19.1 Å². The van der Waals surface area contributed by atoms with Gasteiger partial charge in [-0.15, -0.1) is 0 Å². The van der Waals surface area contributed by atoms with Crippen LogP contribution in [0.3, 0.4) is 0 Å². The lowest BCUT2D eigenvalue weighted by molar-refractivity contribution is -0.142. The molecule has 0 bridgehead atoms. The largest absolute Gasteiger partial charge is 0.481 e. The van der Waals surface area contributed by atoms with Crippen LogP contribution in [0.2, 0.25) is 0 Å². The van der Waals surface area contributed by atoms with Gasteiger partial charge in [-0.2, -0.15) is 0 Å². The first-order valence-electron chi connectivity index (χ1n) is 6.93. The van der Waals surface area contributed by atoms with Crippen molar-refractivity contribution in [1.29, 1.82) is 0 Å². The molecule has 1 amide bonds. The van der Waals surface area contributed by atoms with Crippen LogP contribution < -0.4 is 0 Å². The summed E-state index contributed by atoms with van der Waals surface area (Å²) in [6.45, 7) is 1.29. The molecule has 1 aromatic carbocycles. The molecule has 1 spiro atoms. The van der Waals surface area contributed by atoms with Crippen LogP contribution in [0.15, 0.2) is 30.3 Å². The Morgan fingerprint density at radius 3 is 2.81 bits per heavy atom. The van der Waals surface area contributed by atoms with Crippen LogP contribution in [-0.2, 0) is 20.9 Å². The molecule has 1 heterocycles. The van der Waals surface area contributed by atoms with E-state index in [4.69, 9.17) is 14.6 Å². The molecule has 21 heavy (non-hydrogen) atoms. The molecule has 2 fully saturated rings. The van der Waals surface area contributed by atoms with Gasteiger partial charge in [-0.05, 0) is 12.0 Å². The Kier molecular flexibility index (Phi) is 3.55. The van der Waals surface area contributed by atoms with Crippen LogP contribution in [0.5, 0.6) is 0 Å². The van der Waals surface area contributed by atoms with Gasteiger partial charge in [-0.25, -0.2) is 4.79 Å². The van der Waals surface area contributed by atoms with Crippen LogP contribution >= 0.6 is 0 Å². The van der Waals surface area contributed by atoms with E-state index in [1.165, 1.54) is 4.90 Å². The van der Waals surface area contributed by atoms with Crippen LogP contribution in [0.4, 0.5) is 4.79 Å². The summed E-state index contributed by atoms with van der Waals surface area (Å²) >= 11 is 0. The predicted molar refractivity (Wildman–Crippen MR) is 72.6 cm³/mol. The minimum atomic E-state index is -0.866. The van der Waals surface area contributed by atoms with Gasteiger partial charge in [0.15, 0.2) is 0 Å². The Labute approximate surface area is 122 Å². The standard InChI is InChI=1S/C15H17NO5/c17-13(18)12-8-15(12)10-16(6-7-21-15)14(19)20-9-11-4-2-1-3-5-11/h1-5,12H,6-10H2,(H,17,18). The summed E-state index contributed by atoms with van der Waals surface area (Å²) < 4.78 is 10.8. The van der Waals surface area contributed by atoms with Gasteiger partial charge in [-0.3, -0.25) is 4.79 Å². The number of carboxylic acids is 1. The van der Waals surface area contributed by atoms with Crippen LogP contribution in [0, 0.1) is 5.92 Å². The summed E-state index contributed by atoms with van der Waals surface area (Å²) in [5, 5.41) is 9.03. The van der Waals surface area contributed by atoms with Crippen LogP contribution in [0.1, 0.15) is 12.0 Å². The predicted octanol–water partition coefficient (Wildman–Crippen LogP) is 1.50. The highest BCUT2D eigenvalue weighted by molar-refractivity contribution is 5.76. The molecule has 112 valence electrons. The molecular weight excluding hydrogens is 274 g/mol. The zero-order valence-corrected chi connectivity index (χ0v) is 11.5. The van der Waals surface area contributed by atoms with Crippen LogP contribution in [-0.4, -0.2) is 47.4 Å². The maximum Gasteiger partial charge on any atom is 0.410 e. The summed E-state index contributed by atoms with van der Waals surface area (Å²) in [7, 11) is 0. The number of morpholine rings is 1. The summed E-state index contributed by atoms with van der Waals surface area (Å²) in [6, 6.07) is 9.43. The van der Waals surface area contributed by atoms with Crippen molar-refractivity contribution in [3.05, 3.63) is 35.9 Å². The normalized spacial score (nSPS) is 27.4. The Bertz CT molecular complexity index is 546. The van der Waals surface area contributed by atoms with E-state index >= 15 is 0 Å². The van der Waals surface area contributed by atoms with Gasteiger partial charge in [0, 0.05) is 6.54 Å². The third-order valence-electron chi connectivity index (χ3n) is 4.00. The molecule has 2 atom stereocenters. The maximum atomic E-state index is 12.1. The fourth-order valence-electron chi connectivity index (χ4n) is 2.71. The number of nitrogens with zero attached hydrogens (tertiary/aromatic N) is 1. The number of hydrogen-bond acceptors (Lipinski definition) is 4. The SMILES string of the molecule is O=C(O)C1CC12CN(C(=O)OCc1ccccc1)CCO2. The van der Waals surface area contributed by atoms with E-state index < -0.39 is 23.6 Å². The highest BCUT2D eigenvalue weighted by Gasteiger charge is 2.62. The van der Waals surface area contributed by atoms with Crippen molar-refractivity contribution in [3.63, 3.8) is 0 Å². The Morgan fingerprint density at radius 2 is 2.14 bits per heavy atom. The second-order valence-electron chi connectivity index (χ2n) is 5.47. The Balaban J connectivity index is 1.55. The molecule has 1 aromatic rings. The zero-order valence-electron chi connectivity index (χ0n) is 11.5. The molecule has 1 saturated carbocycles. The monoisotopic (exact) mass is 291 g/mol. The number of hydrogen-bond donors (Lipinski definition) is 1. The summed E-state index contributed by atoms with van der Waals surface area (Å²) in [5.41, 5.74) is 0.221. The molecular formula is C15H17NO5. The molecule has 2 aliphatic rings. The van der Waals surface area contributed by atoms with Crippen molar-refractivity contribution in [2.45, 2.75) is 18.6 Å². The smallest absolute Gasteiger partial charge is 0.410 e. The van der Waals surface area contributed by atoms with Crippen molar-refractivity contribution < 1.29 is 24.2 Å². The van der Waals surface area contributed by atoms with Gasteiger partial charge < -0.3 is 19.5 Å². The Hall–Kier alpha value is -2.08. The molecule has 1 N–H and O–H groups in total. The lowest BCUT2D eigenvalue weighted by Crippen LogP contribution is -2.48. The number of carboxylic acid groups (broad SMARTS) is 1. The molecule has 1 aliphatic heterocycles. The van der Waals surface area contributed by atoms with E-state index in [9.17, 15) is 9.59 Å². The fourth-order valence-corrected chi connectivity index (χ4v) is 2.71. The number of aliphatic carboxylic acids is 1. The lowest BCUT2D eigenvalue weighted by atomic mass is 10.2. The number of amides is 1. The lowest BCUT2D eigenvalue weighted by Gasteiger charge is -2.32. The van der Waals surface area contributed by atoms with E-state index in [-0.39, 0.29) is 13.2 Å². The molecule has 1 aliphatic carbocycles. The highest BCUT2D eigenvalue weighted by atomic mass is 16.6.